The zero-order valence-corrected chi connectivity index (χ0v) is 21.1. The Labute approximate surface area is 213 Å². The van der Waals surface area contributed by atoms with Gasteiger partial charge in [-0.2, -0.15) is 24.4 Å². The summed E-state index contributed by atoms with van der Waals surface area (Å²) >= 11 is 5.55. The highest BCUT2D eigenvalue weighted by Gasteiger charge is 2.29. The highest BCUT2D eigenvalue weighted by atomic mass is 32.2. The van der Waals surface area contributed by atoms with Crippen LogP contribution in [0.4, 0.5) is 0 Å². The Morgan fingerprint density at radius 3 is 2.06 bits per heavy atom. The number of rotatable bonds is 16. The van der Waals surface area contributed by atoms with Gasteiger partial charge in [0.2, 0.25) is 23.6 Å². The first kappa shape index (κ1) is 30.3. The molecule has 0 saturated carbocycles. The third-order valence-corrected chi connectivity index (χ3v) is 6.00. The minimum absolute atomic E-state index is 0.129. The van der Waals surface area contributed by atoms with Crippen molar-refractivity contribution in [2.24, 2.45) is 11.5 Å². The van der Waals surface area contributed by atoms with Gasteiger partial charge in [-0.3, -0.25) is 19.2 Å². The molecule has 1 aromatic carbocycles. The maximum absolute atomic E-state index is 12.9. The van der Waals surface area contributed by atoms with Crippen molar-refractivity contribution in [3.63, 3.8) is 0 Å². The number of carboxylic acid groups (broad SMARTS) is 1. The molecule has 0 fully saturated rings. The molecule has 4 unspecified atom stereocenters. The number of hydrogen-bond donors (Lipinski definition) is 7. The second kappa shape index (κ2) is 16.0. The minimum atomic E-state index is -1.36. The zero-order chi connectivity index (χ0) is 26.4. The fraction of sp³-hybridized carbons (Fsp3) is 0.500. The van der Waals surface area contributed by atoms with Crippen LogP contribution in [-0.4, -0.2) is 76.6 Å². The highest BCUT2D eigenvalue weighted by Crippen LogP contribution is 2.06. The van der Waals surface area contributed by atoms with Crippen LogP contribution in [-0.2, 0) is 30.4 Å². The van der Waals surface area contributed by atoms with Gasteiger partial charge in [0, 0.05) is 12.2 Å². The van der Waals surface area contributed by atoms with Gasteiger partial charge in [0.1, 0.15) is 18.1 Å². The number of thiol groups is 1. The Hall–Kier alpha value is -2.77. The minimum Gasteiger partial charge on any atom is -0.480 e. The van der Waals surface area contributed by atoms with Crippen molar-refractivity contribution >= 4 is 54.0 Å². The van der Waals surface area contributed by atoms with Crippen LogP contribution in [0.5, 0.6) is 0 Å². The van der Waals surface area contributed by atoms with Gasteiger partial charge in [-0.25, -0.2) is 4.79 Å². The fourth-order valence-electron chi connectivity index (χ4n) is 3.03. The number of carboxylic acids is 1. The Morgan fingerprint density at radius 1 is 0.943 bits per heavy atom. The highest BCUT2D eigenvalue weighted by molar-refractivity contribution is 7.98. The number of thioether (sulfide) groups is 1. The van der Waals surface area contributed by atoms with Crippen molar-refractivity contribution in [1.29, 1.82) is 0 Å². The monoisotopic (exact) mass is 527 g/mol. The molecular weight excluding hydrogens is 494 g/mol. The molecule has 1 rings (SSSR count). The number of nitrogens with two attached hydrogens (primary N) is 2. The van der Waals surface area contributed by atoms with Gasteiger partial charge in [0.15, 0.2) is 0 Å². The number of hydrogen-bond acceptors (Lipinski definition) is 8. The van der Waals surface area contributed by atoms with Crippen LogP contribution in [0.1, 0.15) is 24.8 Å². The van der Waals surface area contributed by atoms with Gasteiger partial charge in [0.25, 0.3) is 0 Å². The molecule has 0 aromatic heterocycles. The van der Waals surface area contributed by atoms with Gasteiger partial charge in [0.05, 0.1) is 6.04 Å². The molecule has 0 aliphatic rings. The average molecular weight is 528 g/mol. The van der Waals surface area contributed by atoms with Gasteiger partial charge in [-0.15, -0.1) is 0 Å². The molecule has 0 heterocycles. The normalized spacial score (nSPS) is 14.1. The molecule has 0 saturated heterocycles. The number of primary amides is 1. The van der Waals surface area contributed by atoms with E-state index >= 15 is 0 Å². The fourth-order valence-corrected chi connectivity index (χ4v) is 3.76. The van der Waals surface area contributed by atoms with E-state index in [1.54, 1.807) is 0 Å². The number of amides is 4. The standard InChI is InChI=1S/C22H33N5O6S2/c1-35-10-9-15(25-19(29)14(23)11-13-5-3-2-4-6-13)20(30)27-17(12-34)21(31)26-16(22(32)33)7-8-18(24)28/h2-6,14-17,34H,7-12,23H2,1H3,(H2,24,28)(H,25,29)(H,26,31)(H,27,30)(H,32,33). The van der Waals surface area contributed by atoms with Crippen molar-refractivity contribution in [3.8, 4) is 0 Å². The number of benzene rings is 1. The Balaban J connectivity index is 2.81. The number of carbonyl (C=O) groups excluding carboxylic acids is 4. The van der Waals surface area contributed by atoms with Crippen LogP contribution in [0.3, 0.4) is 0 Å². The molecule has 0 aliphatic carbocycles. The molecule has 8 N–H and O–H groups in total. The molecule has 4 amide bonds. The molecule has 0 spiro atoms. The number of carbonyl (C=O) groups is 5. The smallest absolute Gasteiger partial charge is 0.326 e. The average Bonchev–Trinajstić information content (AvgIpc) is 2.82. The molecule has 35 heavy (non-hydrogen) atoms. The summed E-state index contributed by atoms with van der Waals surface area (Å²) in [4.78, 5) is 60.5. The van der Waals surface area contributed by atoms with Crippen molar-refractivity contribution in [3.05, 3.63) is 35.9 Å². The molecular formula is C22H33N5O6S2. The summed E-state index contributed by atoms with van der Waals surface area (Å²) in [6, 6.07) is 4.82. The van der Waals surface area contributed by atoms with E-state index in [4.69, 9.17) is 11.5 Å². The van der Waals surface area contributed by atoms with E-state index in [9.17, 15) is 29.1 Å². The summed E-state index contributed by atoms with van der Waals surface area (Å²) in [6.45, 7) is 0. The molecule has 4 atom stereocenters. The molecule has 0 radical (unpaired) electrons. The summed E-state index contributed by atoms with van der Waals surface area (Å²) in [5, 5.41) is 16.7. The Bertz CT molecular complexity index is 873. The van der Waals surface area contributed by atoms with Crippen molar-refractivity contribution in [2.75, 3.05) is 17.8 Å². The maximum atomic E-state index is 12.9. The van der Waals surface area contributed by atoms with E-state index in [0.29, 0.717) is 5.75 Å². The molecule has 13 heteroatoms. The van der Waals surface area contributed by atoms with E-state index in [2.05, 4.69) is 28.6 Å². The Kier molecular flexibility index (Phi) is 13.8. The lowest BCUT2D eigenvalue weighted by Gasteiger charge is -2.24. The van der Waals surface area contributed by atoms with E-state index in [1.165, 1.54) is 11.8 Å². The number of aliphatic carboxylic acids is 1. The first-order chi connectivity index (χ1) is 16.6. The SMILES string of the molecule is CSCCC(NC(=O)C(N)Cc1ccccc1)C(=O)NC(CS)C(=O)NC(CCC(N)=O)C(=O)O. The first-order valence-electron chi connectivity index (χ1n) is 10.9. The lowest BCUT2D eigenvalue weighted by atomic mass is 10.1. The summed E-state index contributed by atoms with van der Waals surface area (Å²) in [7, 11) is 0. The van der Waals surface area contributed by atoms with Crippen LogP contribution in [0, 0.1) is 0 Å². The van der Waals surface area contributed by atoms with Crippen LogP contribution in [0.15, 0.2) is 30.3 Å². The summed E-state index contributed by atoms with van der Waals surface area (Å²) in [5.74, 6) is -3.56. The molecule has 0 bridgehead atoms. The van der Waals surface area contributed by atoms with E-state index in [1.807, 2.05) is 36.6 Å². The molecule has 11 nitrogen and oxygen atoms in total. The predicted molar refractivity (Wildman–Crippen MR) is 137 cm³/mol. The summed E-state index contributed by atoms with van der Waals surface area (Å²) in [5.41, 5.74) is 11.9. The quantitative estimate of drug-likeness (QED) is 0.134. The second-order valence-corrected chi connectivity index (χ2v) is 9.14. The largest absolute Gasteiger partial charge is 0.480 e. The molecule has 194 valence electrons. The third-order valence-electron chi connectivity index (χ3n) is 4.99. The van der Waals surface area contributed by atoms with Gasteiger partial charge in [-0.05, 0) is 36.8 Å². The van der Waals surface area contributed by atoms with Gasteiger partial charge < -0.3 is 32.5 Å². The van der Waals surface area contributed by atoms with E-state index < -0.39 is 53.8 Å². The summed E-state index contributed by atoms with van der Waals surface area (Å²) < 4.78 is 0. The van der Waals surface area contributed by atoms with Gasteiger partial charge in [-0.1, -0.05) is 30.3 Å². The topological polar surface area (TPSA) is 194 Å². The molecule has 1 aromatic rings. The van der Waals surface area contributed by atoms with E-state index in [-0.39, 0.29) is 31.4 Å². The van der Waals surface area contributed by atoms with Crippen LogP contribution < -0.4 is 27.4 Å². The number of nitrogens with one attached hydrogen (secondary N) is 3. The zero-order valence-electron chi connectivity index (χ0n) is 19.4. The molecule has 0 aliphatic heterocycles. The van der Waals surface area contributed by atoms with Crippen molar-refractivity contribution in [1.82, 2.24) is 16.0 Å². The first-order valence-corrected chi connectivity index (χ1v) is 12.9. The van der Waals surface area contributed by atoms with Crippen molar-refractivity contribution < 1.29 is 29.1 Å². The third kappa shape index (κ3) is 11.5. The maximum Gasteiger partial charge on any atom is 0.326 e. The predicted octanol–water partition coefficient (Wildman–Crippen LogP) is -0.956. The Morgan fingerprint density at radius 2 is 1.51 bits per heavy atom. The lowest BCUT2D eigenvalue weighted by Crippen LogP contribution is -2.58. The van der Waals surface area contributed by atoms with Crippen molar-refractivity contribution in [2.45, 2.75) is 49.9 Å². The van der Waals surface area contributed by atoms with Crippen LogP contribution in [0.2, 0.25) is 0 Å². The van der Waals surface area contributed by atoms with Gasteiger partial charge >= 0.3 is 5.97 Å². The van der Waals surface area contributed by atoms with Crippen LogP contribution in [0.25, 0.3) is 0 Å². The van der Waals surface area contributed by atoms with E-state index in [0.717, 1.165) is 5.56 Å². The lowest BCUT2D eigenvalue weighted by molar-refractivity contribution is -0.142. The summed E-state index contributed by atoms with van der Waals surface area (Å²) in [6.07, 6.45) is 1.98. The second-order valence-electron chi connectivity index (χ2n) is 7.79. The van der Waals surface area contributed by atoms with Crippen LogP contribution >= 0.6 is 24.4 Å².